The number of hydroxylamine groups is 2. The minimum Gasteiger partial charge on any atom is -1.00 e. The van der Waals surface area contributed by atoms with Gasteiger partial charge in [0.15, 0.2) is 23.6 Å². The second-order valence-electron chi connectivity index (χ2n) is 17.4. The molecule has 0 saturated heterocycles. The van der Waals surface area contributed by atoms with E-state index in [9.17, 15) is 19.2 Å². The molecule has 4 aromatic heterocycles. The topological polar surface area (TPSA) is 187 Å². The van der Waals surface area contributed by atoms with E-state index in [1.54, 1.807) is 12.1 Å². The van der Waals surface area contributed by atoms with Crippen LogP contribution >= 0.6 is 0 Å². The Morgan fingerprint density at radius 3 is 1.53 bits per heavy atom. The van der Waals surface area contributed by atoms with Crippen LogP contribution in [0.5, 0.6) is 0 Å². The number of aromatic nitrogens is 6. The van der Waals surface area contributed by atoms with Crippen LogP contribution in [0.4, 0.5) is 9.59 Å². The van der Waals surface area contributed by atoms with Gasteiger partial charge in [0.25, 0.3) is 5.91 Å². The maximum absolute atomic E-state index is 13.2. The fraction of sp³-hybridized carbons (Fsp3) is 0.455. The summed E-state index contributed by atoms with van der Waals surface area (Å²) in [5.74, 6) is 2.53. The molecule has 0 atom stereocenters. The van der Waals surface area contributed by atoms with E-state index in [-0.39, 0.29) is 55.4 Å². The first kappa shape index (κ1) is 48.0. The van der Waals surface area contributed by atoms with E-state index in [1.807, 2.05) is 81.4 Å². The van der Waals surface area contributed by atoms with Gasteiger partial charge in [-0.25, -0.2) is 33.8 Å². The van der Waals surface area contributed by atoms with Crippen LogP contribution in [0.15, 0.2) is 33.3 Å². The molecule has 6 aromatic rings. The molecule has 2 fully saturated rings. The zero-order valence-electron chi connectivity index (χ0n) is 38.2. The van der Waals surface area contributed by atoms with Gasteiger partial charge in [-0.15, -0.1) is 0 Å². The van der Waals surface area contributed by atoms with Crippen LogP contribution in [-0.4, -0.2) is 102 Å². The van der Waals surface area contributed by atoms with Gasteiger partial charge in [-0.05, 0) is 130 Å². The Hall–Kier alpha value is -5.03. The summed E-state index contributed by atoms with van der Waals surface area (Å²) in [5, 5.41) is 9.17. The van der Waals surface area contributed by atoms with Crippen LogP contribution in [0.25, 0.3) is 44.3 Å². The van der Waals surface area contributed by atoms with Crippen LogP contribution in [0.1, 0.15) is 136 Å². The summed E-state index contributed by atoms with van der Waals surface area (Å²) in [5.41, 5.74) is 5.91. The van der Waals surface area contributed by atoms with Crippen LogP contribution in [-0.2, 0) is 14.3 Å². The predicted octanol–water partition coefficient (Wildman–Crippen LogP) is 5.32. The van der Waals surface area contributed by atoms with Gasteiger partial charge in [0.05, 0.1) is 40.6 Å². The van der Waals surface area contributed by atoms with Gasteiger partial charge in [0, 0.05) is 35.6 Å². The number of rotatable bonds is 7. The number of carbonyl (C=O) groups is 4. The first-order valence-corrected chi connectivity index (χ1v) is 19.9. The molecule has 1 amide bonds. The van der Waals surface area contributed by atoms with Gasteiger partial charge in [0.2, 0.25) is 0 Å². The fourth-order valence-corrected chi connectivity index (χ4v) is 7.23. The number of nitrogens with zero attached hydrogens (tertiary/aromatic N) is 7. The minimum absolute atomic E-state index is 0. The molecule has 0 aliphatic heterocycles. The molecule has 62 heavy (non-hydrogen) atoms. The van der Waals surface area contributed by atoms with E-state index >= 15 is 0 Å². The molecule has 8 rings (SSSR count). The summed E-state index contributed by atoms with van der Waals surface area (Å²) in [6.07, 6.45) is 3.58. The summed E-state index contributed by atoms with van der Waals surface area (Å²) in [6, 6.07) is 7.22. The van der Waals surface area contributed by atoms with Crippen molar-refractivity contribution in [3.63, 3.8) is 0 Å². The summed E-state index contributed by atoms with van der Waals surface area (Å²) in [6.45, 7) is 18.2. The summed E-state index contributed by atoms with van der Waals surface area (Å²) in [7, 11) is 2.95. The second-order valence-corrected chi connectivity index (χ2v) is 17.4. The maximum atomic E-state index is 13.2. The summed E-state index contributed by atoms with van der Waals surface area (Å²) < 4.78 is 25.0. The molecule has 0 unspecified atom stereocenters. The number of imidazole rings is 2. The zero-order valence-corrected chi connectivity index (χ0v) is 37.2. The van der Waals surface area contributed by atoms with E-state index in [0.717, 1.165) is 59.4 Å². The van der Waals surface area contributed by atoms with Crippen molar-refractivity contribution in [2.24, 2.45) is 0 Å². The molecule has 0 bridgehead atoms. The summed E-state index contributed by atoms with van der Waals surface area (Å²) in [4.78, 5) is 65.8. The number of benzene rings is 2. The Balaban J connectivity index is 0.000000266. The number of amides is 1. The Morgan fingerprint density at radius 1 is 0.742 bits per heavy atom. The van der Waals surface area contributed by atoms with E-state index in [2.05, 4.69) is 15.3 Å². The van der Waals surface area contributed by atoms with Gasteiger partial charge in [-0.3, -0.25) is 14.4 Å². The first-order valence-electron chi connectivity index (χ1n) is 19.9. The molecular formula is C44H55AlLiN7O9. The Bertz CT molecular complexity index is 2660. The van der Waals surface area contributed by atoms with Crippen LogP contribution in [0, 0.1) is 27.7 Å². The molecule has 0 N–H and O–H groups in total. The van der Waals surface area contributed by atoms with Gasteiger partial charge in [0.1, 0.15) is 39.9 Å². The monoisotopic (exact) mass is 859 g/mol. The first-order chi connectivity index (χ1) is 28.2. The number of aryl methyl sites for hydroxylation is 4. The number of carbonyl (C=O) groups excluding carboxylic acids is 4. The van der Waals surface area contributed by atoms with Crippen molar-refractivity contribution in [1.82, 2.24) is 34.5 Å². The third-order valence-electron chi connectivity index (χ3n) is 10.2. The Morgan fingerprint density at radius 2 is 1.16 bits per heavy atom. The van der Waals surface area contributed by atoms with Gasteiger partial charge in [-0.1, -0.05) is 10.3 Å². The number of ether oxygens (including phenoxy) is 2. The van der Waals surface area contributed by atoms with Crippen molar-refractivity contribution in [2.45, 2.75) is 118 Å². The molecule has 2 aromatic carbocycles. The number of hydrogen-bond acceptors (Lipinski definition) is 13. The predicted molar refractivity (Wildman–Crippen MR) is 232 cm³/mol. The van der Waals surface area contributed by atoms with Crippen LogP contribution in [0.2, 0.25) is 0 Å². The number of aldehydes is 1. The third kappa shape index (κ3) is 9.63. The average molecular weight is 860 g/mol. The molecule has 324 valence electrons. The largest absolute Gasteiger partial charge is 1.00 e. The molecule has 2 aliphatic rings. The molecular weight excluding hydrogens is 804 g/mol. The van der Waals surface area contributed by atoms with E-state index in [4.69, 9.17) is 28.3 Å². The van der Waals surface area contributed by atoms with Gasteiger partial charge >= 0.3 is 31.0 Å². The van der Waals surface area contributed by atoms with Crippen molar-refractivity contribution < 1.29 is 62.8 Å². The standard InChI is InChI=1S/C23H28N4O5.C21H23N3O4.Al.Li.4H/c1-12-18(13(2)32-25-12)15-10-16(21(28)26(6)30-7)19-17(11-15)27(20(24-19)14-8-9-14)22(29)31-23(3,4)5;1-11-17(12(2)28-23-11)14-8-15(10-25)18-16(9-14)24(19(22-18)13-6-7-13)20(26)27-21(3,4)5;;;;;;/h10-11,14H,8-9H2,1-7H3;8-10,13H,6-7H2,1-5H3;;;;;;/q;;;+1;;;;-1. The molecule has 0 radical (unpaired) electrons. The van der Waals surface area contributed by atoms with Crippen molar-refractivity contribution in [1.29, 1.82) is 0 Å². The van der Waals surface area contributed by atoms with Gasteiger partial charge in [-0.2, -0.15) is 0 Å². The minimum atomic E-state index is -0.678. The van der Waals surface area contributed by atoms with Crippen LogP contribution in [0.3, 0.4) is 0 Å². The molecule has 18 heteroatoms. The number of hydrogen-bond donors (Lipinski definition) is 0. The van der Waals surface area contributed by atoms with E-state index in [0.29, 0.717) is 67.6 Å². The SMILES string of the molecule is CON(C)C(=O)c1cc(-c2c(C)noc2C)cc2c1nc(C1CC1)n2C(=O)OC(C)(C)C.Cc1noc(C)c1-c1cc(C=O)c2nc(C3CC3)n(C(=O)OC(C)(C)C)c2c1.[AlH3].[H-].[Li+]. The van der Waals surface area contributed by atoms with Crippen molar-refractivity contribution in [2.75, 3.05) is 14.2 Å². The zero-order chi connectivity index (χ0) is 43.6. The van der Waals surface area contributed by atoms with Crippen LogP contribution < -0.4 is 18.9 Å². The van der Waals surface area contributed by atoms with Crippen molar-refractivity contribution in [3.8, 4) is 22.3 Å². The molecule has 4 heterocycles. The molecule has 2 aliphatic carbocycles. The second kappa shape index (κ2) is 18.0. The maximum Gasteiger partial charge on any atom is 1.00 e. The van der Waals surface area contributed by atoms with E-state index < -0.39 is 23.4 Å². The molecule has 0 spiro atoms. The fourth-order valence-electron chi connectivity index (χ4n) is 7.23. The molecule has 2 saturated carbocycles. The average Bonchev–Trinajstić information content (AvgIpc) is 4.07. The normalized spacial score (nSPS) is 13.8. The quantitative estimate of drug-likeness (QED) is 0.114. The number of fused-ring (bicyclic) bond motifs is 2. The third-order valence-corrected chi connectivity index (χ3v) is 10.2. The van der Waals surface area contributed by atoms with Crippen molar-refractivity contribution in [3.05, 3.63) is 69.9 Å². The van der Waals surface area contributed by atoms with Gasteiger partial charge < -0.3 is 19.9 Å². The van der Waals surface area contributed by atoms with E-state index in [1.165, 1.54) is 23.3 Å². The Kier molecular flexibility index (Phi) is 13.9. The Labute approximate surface area is 383 Å². The van der Waals surface area contributed by atoms with Crippen molar-refractivity contribution >= 4 is 63.8 Å². The smallest absolute Gasteiger partial charge is 1.00 e. The molecule has 16 nitrogen and oxygen atoms in total. The summed E-state index contributed by atoms with van der Waals surface area (Å²) >= 11 is 0.